The molecule has 1 rings (SSSR count). The molecule has 0 saturated heterocycles. The third-order valence-electron chi connectivity index (χ3n) is 1.27. The summed E-state index contributed by atoms with van der Waals surface area (Å²) in [5.41, 5.74) is 0.732. The van der Waals surface area contributed by atoms with E-state index in [2.05, 4.69) is 9.97 Å². The molecule has 0 fully saturated rings. The zero-order chi connectivity index (χ0) is 8.27. The van der Waals surface area contributed by atoms with Crippen molar-refractivity contribution in [2.75, 3.05) is 19.0 Å². The van der Waals surface area contributed by atoms with Gasteiger partial charge in [0.25, 0.3) is 0 Å². The highest BCUT2D eigenvalue weighted by Crippen LogP contribution is 2.01. The van der Waals surface area contributed by atoms with Crippen LogP contribution in [0.3, 0.4) is 0 Å². The van der Waals surface area contributed by atoms with Gasteiger partial charge in [0.05, 0.1) is 6.61 Å². The lowest BCUT2D eigenvalue weighted by Crippen LogP contribution is -2.12. The minimum Gasteiger partial charge on any atom is -0.392 e. The molecule has 0 aliphatic rings. The molecule has 0 bridgehead atoms. The van der Waals surface area contributed by atoms with E-state index in [1.165, 1.54) is 0 Å². The summed E-state index contributed by atoms with van der Waals surface area (Å²) in [4.78, 5) is 9.81. The standard InChI is InChI=1S/C7H11N3O.ClH/c1-10(2)7-8-3-6(5-11)4-9-7;/h3-4,11H,5H2,1-2H3;1H. The van der Waals surface area contributed by atoms with Crippen LogP contribution in [0.2, 0.25) is 0 Å². The largest absolute Gasteiger partial charge is 0.392 e. The van der Waals surface area contributed by atoms with Crippen LogP contribution in [0.15, 0.2) is 12.4 Å². The summed E-state index contributed by atoms with van der Waals surface area (Å²) in [5.74, 6) is 0.655. The molecule has 5 heteroatoms. The van der Waals surface area contributed by atoms with E-state index in [9.17, 15) is 0 Å². The number of hydrogen-bond acceptors (Lipinski definition) is 4. The molecule has 0 amide bonds. The van der Waals surface area contributed by atoms with Crippen molar-refractivity contribution in [1.29, 1.82) is 0 Å². The molecule has 0 aromatic carbocycles. The maximum Gasteiger partial charge on any atom is 0.224 e. The first-order chi connectivity index (χ1) is 5.24. The quantitative estimate of drug-likeness (QED) is 0.735. The third-order valence-corrected chi connectivity index (χ3v) is 1.27. The fourth-order valence-corrected chi connectivity index (χ4v) is 0.661. The van der Waals surface area contributed by atoms with Gasteiger partial charge in [0.15, 0.2) is 0 Å². The van der Waals surface area contributed by atoms with Gasteiger partial charge in [-0.15, -0.1) is 12.4 Å². The second-order valence-electron chi connectivity index (χ2n) is 2.44. The number of anilines is 1. The molecule has 0 aliphatic heterocycles. The zero-order valence-electron chi connectivity index (χ0n) is 7.06. The van der Waals surface area contributed by atoms with Crippen molar-refractivity contribution in [1.82, 2.24) is 9.97 Å². The minimum atomic E-state index is -0.00624. The van der Waals surface area contributed by atoms with Gasteiger partial charge in [-0.2, -0.15) is 0 Å². The van der Waals surface area contributed by atoms with Crippen LogP contribution in [0.5, 0.6) is 0 Å². The normalized spacial score (nSPS) is 8.92. The van der Waals surface area contributed by atoms with Crippen LogP contribution in [0.1, 0.15) is 5.56 Å². The predicted octanol–water partition coefficient (Wildman–Crippen LogP) is 0.457. The first-order valence-corrected chi connectivity index (χ1v) is 3.33. The average molecular weight is 190 g/mol. The summed E-state index contributed by atoms with van der Waals surface area (Å²) in [6.45, 7) is -0.00624. The van der Waals surface area contributed by atoms with E-state index in [-0.39, 0.29) is 19.0 Å². The Hall–Kier alpha value is -0.870. The molecule has 1 heterocycles. The Bertz CT molecular complexity index is 225. The lowest BCUT2D eigenvalue weighted by Gasteiger charge is -2.08. The molecule has 0 saturated carbocycles. The van der Waals surface area contributed by atoms with E-state index in [1.54, 1.807) is 17.3 Å². The summed E-state index contributed by atoms with van der Waals surface area (Å²) < 4.78 is 0. The molecular formula is C7H12ClN3O. The van der Waals surface area contributed by atoms with E-state index in [0.29, 0.717) is 5.95 Å². The third kappa shape index (κ3) is 2.64. The molecule has 0 aliphatic carbocycles. The number of nitrogens with zero attached hydrogens (tertiary/aromatic N) is 3. The molecule has 1 aromatic rings. The van der Waals surface area contributed by atoms with Gasteiger partial charge in [0.1, 0.15) is 0 Å². The van der Waals surface area contributed by atoms with Gasteiger partial charge in [-0.3, -0.25) is 0 Å². The first kappa shape index (κ1) is 11.1. The summed E-state index contributed by atoms with van der Waals surface area (Å²) >= 11 is 0. The molecule has 1 aromatic heterocycles. The topological polar surface area (TPSA) is 49.2 Å². The van der Waals surface area contributed by atoms with Crippen LogP contribution in [-0.4, -0.2) is 29.2 Å². The monoisotopic (exact) mass is 189 g/mol. The Kier molecular flexibility index (Phi) is 4.54. The molecule has 12 heavy (non-hydrogen) atoms. The van der Waals surface area contributed by atoms with Gasteiger partial charge in [-0.1, -0.05) is 0 Å². The second kappa shape index (κ2) is 4.90. The van der Waals surface area contributed by atoms with Gasteiger partial charge >= 0.3 is 0 Å². The Balaban J connectivity index is 0.00000121. The van der Waals surface area contributed by atoms with E-state index in [1.807, 2.05) is 14.1 Å². The van der Waals surface area contributed by atoms with Crippen LogP contribution in [0.25, 0.3) is 0 Å². The number of aliphatic hydroxyl groups excluding tert-OH is 1. The molecule has 0 atom stereocenters. The molecule has 1 N–H and O–H groups in total. The van der Waals surface area contributed by atoms with Gasteiger partial charge in [-0.05, 0) is 0 Å². The number of halogens is 1. The Morgan fingerprint density at radius 1 is 1.33 bits per heavy atom. The van der Waals surface area contributed by atoms with Crippen LogP contribution in [-0.2, 0) is 6.61 Å². The van der Waals surface area contributed by atoms with Crippen LogP contribution in [0, 0.1) is 0 Å². The van der Waals surface area contributed by atoms with E-state index >= 15 is 0 Å². The Morgan fingerprint density at radius 3 is 2.17 bits per heavy atom. The van der Waals surface area contributed by atoms with Gasteiger partial charge in [0, 0.05) is 32.1 Å². The van der Waals surface area contributed by atoms with Crippen LogP contribution >= 0.6 is 12.4 Å². The van der Waals surface area contributed by atoms with Crippen molar-refractivity contribution in [3.8, 4) is 0 Å². The second-order valence-corrected chi connectivity index (χ2v) is 2.44. The summed E-state index contributed by atoms with van der Waals surface area (Å²) in [6.07, 6.45) is 3.23. The van der Waals surface area contributed by atoms with Gasteiger partial charge in [0.2, 0.25) is 5.95 Å². The maximum absolute atomic E-state index is 8.67. The van der Waals surface area contributed by atoms with E-state index in [0.717, 1.165) is 5.56 Å². The van der Waals surface area contributed by atoms with Crippen molar-refractivity contribution in [2.24, 2.45) is 0 Å². The molecule has 0 radical (unpaired) electrons. The molecule has 68 valence electrons. The highest BCUT2D eigenvalue weighted by atomic mass is 35.5. The highest BCUT2D eigenvalue weighted by Gasteiger charge is 1.96. The van der Waals surface area contributed by atoms with Gasteiger partial charge < -0.3 is 10.0 Å². The average Bonchev–Trinajstić information content (AvgIpc) is 2.05. The van der Waals surface area contributed by atoms with Gasteiger partial charge in [-0.25, -0.2) is 9.97 Å². The SMILES string of the molecule is CN(C)c1ncc(CO)cn1.Cl. The van der Waals surface area contributed by atoms with Crippen molar-refractivity contribution < 1.29 is 5.11 Å². The molecule has 0 spiro atoms. The van der Waals surface area contributed by atoms with Crippen molar-refractivity contribution in [3.63, 3.8) is 0 Å². The smallest absolute Gasteiger partial charge is 0.224 e. The fourth-order valence-electron chi connectivity index (χ4n) is 0.661. The maximum atomic E-state index is 8.67. The number of aromatic nitrogens is 2. The predicted molar refractivity (Wildman–Crippen MR) is 49.5 cm³/mol. The van der Waals surface area contributed by atoms with E-state index in [4.69, 9.17) is 5.11 Å². The van der Waals surface area contributed by atoms with Crippen molar-refractivity contribution in [2.45, 2.75) is 6.61 Å². The highest BCUT2D eigenvalue weighted by molar-refractivity contribution is 5.85. The van der Waals surface area contributed by atoms with Crippen LogP contribution < -0.4 is 4.90 Å². The number of aliphatic hydroxyl groups is 1. The lowest BCUT2D eigenvalue weighted by molar-refractivity contribution is 0.281. The summed E-state index contributed by atoms with van der Waals surface area (Å²) in [5, 5.41) is 8.67. The van der Waals surface area contributed by atoms with Crippen molar-refractivity contribution >= 4 is 18.4 Å². The molecule has 0 unspecified atom stereocenters. The zero-order valence-corrected chi connectivity index (χ0v) is 7.88. The summed E-state index contributed by atoms with van der Waals surface area (Å²) in [7, 11) is 3.74. The van der Waals surface area contributed by atoms with Crippen LogP contribution in [0.4, 0.5) is 5.95 Å². The Labute approximate surface area is 77.7 Å². The minimum absolute atomic E-state index is 0. The lowest BCUT2D eigenvalue weighted by atomic mass is 10.4. The molecule has 4 nitrogen and oxygen atoms in total. The number of rotatable bonds is 2. The fraction of sp³-hybridized carbons (Fsp3) is 0.429. The first-order valence-electron chi connectivity index (χ1n) is 3.33. The van der Waals surface area contributed by atoms with E-state index < -0.39 is 0 Å². The van der Waals surface area contributed by atoms with Crippen molar-refractivity contribution in [3.05, 3.63) is 18.0 Å². The Morgan fingerprint density at radius 2 is 1.83 bits per heavy atom. The molecular weight excluding hydrogens is 178 g/mol. The number of hydrogen-bond donors (Lipinski definition) is 1. The summed E-state index contributed by atoms with van der Waals surface area (Å²) in [6, 6.07) is 0.